The first-order chi connectivity index (χ1) is 35.7. The van der Waals surface area contributed by atoms with E-state index in [0.717, 1.165) is 121 Å². The maximum absolute atomic E-state index is 11.7. The minimum Gasteiger partial charge on any atom is -0.456 e. The van der Waals surface area contributed by atoms with Crippen LogP contribution >= 0.6 is 0 Å². The van der Waals surface area contributed by atoms with Gasteiger partial charge in [0.15, 0.2) is 17.5 Å². The molecule has 0 aliphatic rings. The van der Waals surface area contributed by atoms with E-state index in [-0.39, 0.29) is 0 Å². The highest BCUT2D eigenvalue weighted by Gasteiger charge is 2.31. The second kappa shape index (κ2) is 15.5. The molecule has 0 spiro atoms. The van der Waals surface area contributed by atoms with Crippen LogP contribution in [0.5, 0.6) is 0 Å². The number of hydrogen-bond acceptors (Lipinski definition) is 6. The molecule has 5 heterocycles. The van der Waals surface area contributed by atoms with E-state index in [4.69, 9.17) is 23.8 Å². The molecule has 10 aromatic carbocycles. The number of aromatic nitrogens is 5. The van der Waals surface area contributed by atoms with Gasteiger partial charge in [0.25, 0.3) is 0 Å². The maximum atomic E-state index is 11.7. The van der Waals surface area contributed by atoms with Gasteiger partial charge in [0.05, 0.1) is 45.1 Å². The van der Waals surface area contributed by atoms with E-state index < -0.39 is 0 Å². The van der Waals surface area contributed by atoms with E-state index in [1.54, 1.807) is 0 Å². The summed E-state index contributed by atoms with van der Waals surface area (Å²) in [6.07, 6.45) is 0. The first-order valence-corrected chi connectivity index (χ1v) is 23.9. The van der Waals surface area contributed by atoms with Crippen molar-refractivity contribution in [3.8, 4) is 62.7 Å². The van der Waals surface area contributed by atoms with Crippen molar-refractivity contribution in [2.75, 3.05) is 0 Å². The van der Waals surface area contributed by atoms with Crippen LogP contribution in [0.15, 0.2) is 227 Å². The van der Waals surface area contributed by atoms with Crippen LogP contribution in [0, 0.1) is 11.3 Å². The van der Waals surface area contributed by atoms with Crippen molar-refractivity contribution in [3.05, 3.63) is 224 Å². The van der Waals surface area contributed by atoms with Crippen LogP contribution in [-0.4, -0.2) is 24.1 Å². The Morgan fingerprint density at radius 1 is 0.347 bits per heavy atom. The molecule has 334 valence electrons. The highest BCUT2D eigenvalue weighted by Crippen LogP contribution is 2.50. The number of nitrogens with zero attached hydrogens (tertiary/aromatic N) is 6. The third-order valence-corrected chi connectivity index (χ3v) is 14.2. The molecule has 8 nitrogen and oxygen atoms in total. The molecule has 0 N–H and O–H groups in total. The minimum absolute atomic E-state index is 0.417. The molecule has 0 aliphatic heterocycles. The lowest BCUT2D eigenvalue weighted by Gasteiger charge is -2.24. The van der Waals surface area contributed by atoms with Gasteiger partial charge in [0.1, 0.15) is 22.3 Å². The van der Waals surface area contributed by atoms with E-state index in [2.05, 4.69) is 124 Å². The number of benzene rings is 10. The smallest absolute Gasteiger partial charge is 0.166 e. The van der Waals surface area contributed by atoms with Crippen LogP contribution in [0.4, 0.5) is 0 Å². The lowest BCUT2D eigenvalue weighted by molar-refractivity contribution is 0.669. The summed E-state index contributed by atoms with van der Waals surface area (Å²) >= 11 is 0. The van der Waals surface area contributed by atoms with Crippen molar-refractivity contribution in [1.82, 2.24) is 24.1 Å². The standard InChI is InChI=1S/C64H36N6O2/c65-37-41-36-46(64-67-62(39-20-6-2-7-21-39)66-63(68-64)40-22-8-3-9-23-40)60(69-47-28-14-10-24-42(47)56-49(69)32-34-53-58(56)44-26-12-16-30-51(44)71-53)61(55(41)38-18-4-1-5-19-38)70-48-29-15-11-25-43(48)57-50(70)33-35-54-59(57)45-27-13-17-31-52(45)72-54/h1-36H. The van der Waals surface area contributed by atoms with Gasteiger partial charge in [-0.3, -0.25) is 0 Å². The lowest BCUT2D eigenvalue weighted by atomic mass is 9.92. The number of furan rings is 2. The summed E-state index contributed by atoms with van der Waals surface area (Å²) in [5.41, 5.74) is 13.1. The normalized spacial score (nSPS) is 11.9. The monoisotopic (exact) mass is 920 g/mol. The van der Waals surface area contributed by atoms with Crippen LogP contribution in [0.2, 0.25) is 0 Å². The summed E-state index contributed by atoms with van der Waals surface area (Å²) in [5.74, 6) is 1.44. The van der Waals surface area contributed by atoms with Gasteiger partial charge in [0, 0.05) is 65.3 Å². The maximum Gasteiger partial charge on any atom is 0.166 e. The van der Waals surface area contributed by atoms with Crippen LogP contribution in [0.25, 0.3) is 144 Å². The Morgan fingerprint density at radius 2 is 0.764 bits per heavy atom. The minimum atomic E-state index is 0.417. The molecule has 72 heavy (non-hydrogen) atoms. The predicted molar refractivity (Wildman–Crippen MR) is 290 cm³/mol. The zero-order valence-corrected chi connectivity index (χ0v) is 38.3. The molecule has 5 aromatic heterocycles. The van der Waals surface area contributed by atoms with E-state index in [1.165, 1.54) is 0 Å². The largest absolute Gasteiger partial charge is 0.456 e. The van der Waals surface area contributed by atoms with Crippen molar-refractivity contribution < 1.29 is 8.83 Å². The molecule has 0 amide bonds. The third-order valence-electron chi connectivity index (χ3n) is 14.2. The fraction of sp³-hybridized carbons (Fsp3) is 0. The summed E-state index contributed by atoms with van der Waals surface area (Å²) in [7, 11) is 0. The molecule has 15 rings (SSSR count). The summed E-state index contributed by atoms with van der Waals surface area (Å²) in [5, 5.41) is 20.0. The van der Waals surface area contributed by atoms with Gasteiger partial charge in [0.2, 0.25) is 0 Å². The highest BCUT2D eigenvalue weighted by molar-refractivity contribution is 6.29. The lowest BCUT2D eigenvalue weighted by Crippen LogP contribution is -2.11. The summed E-state index contributed by atoms with van der Waals surface area (Å²) < 4.78 is 17.9. The summed E-state index contributed by atoms with van der Waals surface area (Å²) in [6.45, 7) is 0. The van der Waals surface area contributed by atoms with Gasteiger partial charge in [-0.2, -0.15) is 5.26 Å². The van der Waals surface area contributed by atoms with Crippen molar-refractivity contribution in [3.63, 3.8) is 0 Å². The molecule has 0 fully saturated rings. The first kappa shape index (κ1) is 39.9. The number of hydrogen-bond donors (Lipinski definition) is 0. The number of nitriles is 1. The zero-order valence-electron chi connectivity index (χ0n) is 38.3. The number of fused-ring (bicyclic) bond motifs is 14. The van der Waals surface area contributed by atoms with E-state index in [0.29, 0.717) is 28.6 Å². The Morgan fingerprint density at radius 3 is 1.26 bits per heavy atom. The molecule has 0 saturated carbocycles. The Labute approximate surface area is 410 Å². The SMILES string of the molecule is N#Cc1cc(-c2nc(-c3ccccc3)nc(-c3ccccc3)n2)c(-n2c3ccccc3c3c4c(ccc32)oc2ccccc24)c(-n2c3ccccc3c3c4c(ccc32)oc2ccccc24)c1-c1ccccc1. The molecule has 0 radical (unpaired) electrons. The fourth-order valence-corrected chi connectivity index (χ4v) is 11.2. The average Bonchev–Trinajstić information content (AvgIpc) is 4.21. The van der Waals surface area contributed by atoms with Crippen molar-refractivity contribution >= 4 is 87.5 Å². The molecule has 0 bridgehead atoms. The second-order valence-electron chi connectivity index (χ2n) is 18.1. The molecule has 15 aromatic rings. The van der Waals surface area contributed by atoms with Crippen LogP contribution < -0.4 is 0 Å². The molecule has 0 saturated heterocycles. The number of rotatable bonds is 6. The van der Waals surface area contributed by atoms with E-state index in [9.17, 15) is 5.26 Å². The van der Waals surface area contributed by atoms with Gasteiger partial charge < -0.3 is 18.0 Å². The molecule has 0 atom stereocenters. The third kappa shape index (κ3) is 5.76. The van der Waals surface area contributed by atoms with Gasteiger partial charge >= 0.3 is 0 Å². The molecular formula is C64H36N6O2. The number of para-hydroxylation sites is 4. The highest BCUT2D eigenvalue weighted by atomic mass is 16.3. The predicted octanol–water partition coefficient (Wildman–Crippen LogP) is 16.4. The Balaban J connectivity index is 1.21. The average molecular weight is 921 g/mol. The van der Waals surface area contributed by atoms with Crippen LogP contribution in [0.3, 0.4) is 0 Å². The Hall–Kier alpha value is -10.1. The van der Waals surface area contributed by atoms with Crippen LogP contribution in [-0.2, 0) is 0 Å². The Kier molecular flexibility index (Phi) is 8.55. The second-order valence-corrected chi connectivity index (χ2v) is 18.1. The summed E-state index contributed by atoms with van der Waals surface area (Å²) in [4.78, 5) is 16.0. The van der Waals surface area contributed by atoms with Gasteiger partial charge in [-0.15, -0.1) is 0 Å². The van der Waals surface area contributed by atoms with E-state index in [1.807, 2.05) is 109 Å². The van der Waals surface area contributed by atoms with Crippen molar-refractivity contribution in [1.29, 1.82) is 5.26 Å². The molecule has 8 heteroatoms. The van der Waals surface area contributed by atoms with Gasteiger partial charge in [-0.25, -0.2) is 15.0 Å². The van der Waals surface area contributed by atoms with E-state index >= 15 is 0 Å². The van der Waals surface area contributed by atoms with Crippen LogP contribution in [0.1, 0.15) is 5.56 Å². The topological polar surface area (TPSA) is 98.6 Å². The quantitative estimate of drug-likeness (QED) is 0.165. The first-order valence-electron chi connectivity index (χ1n) is 23.9. The molecular weight excluding hydrogens is 885 g/mol. The Bertz CT molecular complexity index is 4690. The van der Waals surface area contributed by atoms with Crippen molar-refractivity contribution in [2.24, 2.45) is 0 Å². The van der Waals surface area contributed by atoms with Crippen molar-refractivity contribution in [2.45, 2.75) is 0 Å². The summed E-state index contributed by atoms with van der Waals surface area (Å²) in [6, 6.07) is 77.1. The van der Waals surface area contributed by atoms with Gasteiger partial charge in [-0.1, -0.05) is 164 Å². The fourth-order valence-electron chi connectivity index (χ4n) is 11.2. The zero-order chi connectivity index (χ0) is 47.4. The molecule has 0 aliphatic carbocycles. The van der Waals surface area contributed by atoms with Gasteiger partial charge in [-0.05, 0) is 60.2 Å². The molecule has 0 unspecified atom stereocenters.